The molecular weight excluding hydrogens is 332 g/mol. The van der Waals surface area contributed by atoms with Crippen molar-refractivity contribution in [3.05, 3.63) is 29.3 Å². The third-order valence-corrected chi connectivity index (χ3v) is 4.13. The van der Waals surface area contributed by atoms with Crippen LogP contribution in [0.5, 0.6) is 0 Å². The highest BCUT2D eigenvalue weighted by molar-refractivity contribution is 6.30. The van der Waals surface area contributed by atoms with Crippen LogP contribution in [-0.4, -0.2) is 30.9 Å². The molecule has 0 spiro atoms. The quantitative estimate of drug-likeness (QED) is 0.770. The van der Waals surface area contributed by atoms with Crippen molar-refractivity contribution < 1.29 is 19.1 Å². The summed E-state index contributed by atoms with van der Waals surface area (Å²) >= 11 is 5.75. The van der Waals surface area contributed by atoms with Crippen molar-refractivity contribution >= 4 is 35.1 Å². The number of esters is 1. The monoisotopic (exact) mass is 352 g/mol. The van der Waals surface area contributed by atoms with E-state index in [0.717, 1.165) is 32.1 Å². The van der Waals surface area contributed by atoms with Crippen LogP contribution in [-0.2, 0) is 19.1 Å². The first-order valence-corrected chi connectivity index (χ1v) is 8.41. The van der Waals surface area contributed by atoms with E-state index < -0.39 is 18.5 Å². The maximum absolute atomic E-state index is 11.9. The number of halogens is 1. The number of benzene rings is 1. The third kappa shape index (κ3) is 6.20. The molecule has 0 atom stereocenters. The molecule has 0 aromatic heterocycles. The minimum absolute atomic E-state index is 0.0141. The van der Waals surface area contributed by atoms with Crippen LogP contribution in [0.1, 0.15) is 32.1 Å². The van der Waals surface area contributed by atoms with Crippen molar-refractivity contribution in [3.63, 3.8) is 0 Å². The molecule has 0 bridgehead atoms. The molecule has 130 valence electrons. The van der Waals surface area contributed by atoms with Gasteiger partial charge >= 0.3 is 5.97 Å². The Bertz CT molecular complexity index is 583. The van der Waals surface area contributed by atoms with Gasteiger partial charge < -0.3 is 15.4 Å². The van der Waals surface area contributed by atoms with Gasteiger partial charge in [-0.3, -0.25) is 14.4 Å². The smallest absolute Gasteiger partial charge is 0.325 e. The Morgan fingerprint density at radius 1 is 1.08 bits per heavy atom. The van der Waals surface area contributed by atoms with Gasteiger partial charge in [0.05, 0.1) is 0 Å². The topological polar surface area (TPSA) is 84.5 Å². The van der Waals surface area contributed by atoms with E-state index in [1.54, 1.807) is 24.3 Å². The first kappa shape index (κ1) is 18.3. The second kappa shape index (κ2) is 9.27. The lowest BCUT2D eigenvalue weighted by Gasteiger charge is -2.20. The number of carbonyl (C=O) groups is 3. The van der Waals surface area contributed by atoms with Crippen LogP contribution in [0.15, 0.2) is 24.3 Å². The van der Waals surface area contributed by atoms with E-state index in [9.17, 15) is 14.4 Å². The number of rotatable bonds is 6. The minimum Gasteiger partial charge on any atom is -0.454 e. The molecule has 1 aromatic rings. The van der Waals surface area contributed by atoms with Crippen molar-refractivity contribution in [2.45, 2.75) is 32.1 Å². The molecule has 0 radical (unpaired) electrons. The SMILES string of the molecule is O=C(COC(=O)CNC(=O)C1CCCCC1)Nc1ccc(Cl)cc1. The Morgan fingerprint density at radius 2 is 1.75 bits per heavy atom. The molecule has 6 nitrogen and oxygen atoms in total. The largest absolute Gasteiger partial charge is 0.454 e. The fourth-order valence-corrected chi connectivity index (χ4v) is 2.72. The summed E-state index contributed by atoms with van der Waals surface area (Å²) in [6.45, 7) is -0.621. The van der Waals surface area contributed by atoms with Crippen molar-refractivity contribution in [1.29, 1.82) is 0 Å². The highest BCUT2D eigenvalue weighted by Crippen LogP contribution is 2.23. The normalized spacial score (nSPS) is 14.7. The summed E-state index contributed by atoms with van der Waals surface area (Å²) in [5.74, 6) is -1.22. The van der Waals surface area contributed by atoms with Gasteiger partial charge in [0, 0.05) is 16.6 Å². The highest BCUT2D eigenvalue weighted by atomic mass is 35.5. The minimum atomic E-state index is -0.634. The van der Waals surface area contributed by atoms with Crippen molar-refractivity contribution in [2.75, 3.05) is 18.5 Å². The molecular formula is C17H21ClN2O4. The Morgan fingerprint density at radius 3 is 2.42 bits per heavy atom. The second-order valence-electron chi connectivity index (χ2n) is 5.77. The molecule has 0 unspecified atom stereocenters. The highest BCUT2D eigenvalue weighted by Gasteiger charge is 2.21. The maximum Gasteiger partial charge on any atom is 0.325 e. The van der Waals surface area contributed by atoms with Crippen LogP contribution in [0.4, 0.5) is 5.69 Å². The number of nitrogens with one attached hydrogen (secondary N) is 2. The third-order valence-electron chi connectivity index (χ3n) is 3.88. The van der Waals surface area contributed by atoms with E-state index in [1.165, 1.54) is 0 Å². The van der Waals surface area contributed by atoms with E-state index in [0.29, 0.717) is 10.7 Å². The zero-order valence-electron chi connectivity index (χ0n) is 13.3. The summed E-state index contributed by atoms with van der Waals surface area (Å²) in [5, 5.41) is 5.71. The van der Waals surface area contributed by atoms with E-state index >= 15 is 0 Å². The number of amides is 2. The van der Waals surface area contributed by atoms with Crippen LogP contribution < -0.4 is 10.6 Å². The predicted octanol–water partition coefficient (Wildman–Crippen LogP) is 2.52. The summed E-state index contributed by atoms with van der Waals surface area (Å²) in [6.07, 6.45) is 4.99. The summed E-state index contributed by atoms with van der Waals surface area (Å²) in [6, 6.07) is 6.58. The summed E-state index contributed by atoms with van der Waals surface area (Å²) in [7, 11) is 0. The lowest BCUT2D eigenvalue weighted by molar-refractivity contribution is -0.147. The first-order chi connectivity index (χ1) is 11.5. The van der Waals surface area contributed by atoms with Crippen LogP contribution in [0, 0.1) is 5.92 Å². The van der Waals surface area contributed by atoms with Gasteiger partial charge in [-0.25, -0.2) is 0 Å². The lowest BCUT2D eigenvalue weighted by Crippen LogP contribution is -2.36. The van der Waals surface area contributed by atoms with E-state index in [1.807, 2.05) is 0 Å². The predicted molar refractivity (Wildman–Crippen MR) is 90.6 cm³/mol. The van der Waals surface area contributed by atoms with Gasteiger partial charge in [-0.05, 0) is 37.1 Å². The van der Waals surface area contributed by atoms with Gasteiger partial charge in [0.1, 0.15) is 6.54 Å². The molecule has 0 heterocycles. The fraction of sp³-hybridized carbons (Fsp3) is 0.471. The molecule has 1 aliphatic rings. The van der Waals surface area contributed by atoms with Crippen LogP contribution >= 0.6 is 11.6 Å². The van der Waals surface area contributed by atoms with Crippen molar-refractivity contribution in [3.8, 4) is 0 Å². The molecule has 2 amide bonds. The molecule has 1 fully saturated rings. The standard InChI is InChI=1S/C17H21ClN2O4/c18-13-6-8-14(9-7-13)20-15(21)11-24-16(22)10-19-17(23)12-4-2-1-3-5-12/h6-9,12H,1-5,10-11H2,(H,19,23)(H,20,21). The Kier molecular flexibility index (Phi) is 7.06. The van der Waals surface area contributed by atoms with Crippen LogP contribution in [0.2, 0.25) is 5.02 Å². The van der Waals surface area contributed by atoms with Gasteiger partial charge in [-0.2, -0.15) is 0 Å². The van der Waals surface area contributed by atoms with Crippen LogP contribution in [0.25, 0.3) is 0 Å². The van der Waals surface area contributed by atoms with Gasteiger partial charge in [0.15, 0.2) is 6.61 Å². The Hall–Kier alpha value is -2.08. The van der Waals surface area contributed by atoms with Gasteiger partial charge in [-0.1, -0.05) is 30.9 Å². The zero-order valence-corrected chi connectivity index (χ0v) is 14.1. The van der Waals surface area contributed by atoms with E-state index in [4.69, 9.17) is 16.3 Å². The Balaban J connectivity index is 1.64. The summed E-state index contributed by atoms with van der Waals surface area (Å²) in [5.41, 5.74) is 0.561. The molecule has 7 heteroatoms. The second-order valence-corrected chi connectivity index (χ2v) is 6.20. The molecule has 24 heavy (non-hydrogen) atoms. The van der Waals surface area contributed by atoms with Gasteiger partial charge in [-0.15, -0.1) is 0 Å². The lowest BCUT2D eigenvalue weighted by atomic mass is 9.89. The molecule has 2 N–H and O–H groups in total. The maximum atomic E-state index is 11.9. The molecule has 1 saturated carbocycles. The van der Waals surface area contributed by atoms with Crippen molar-refractivity contribution in [1.82, 2.24) is 5.32 Å². The van der Waals surface area contributed by atoms with Gasteiger partial charge in [0.25, 0.3) is 5.91 Å². The fourth-order valence-electron chi connectivity index (χ4n) is 2.60. The van der Waals surface area contributed by atoms with Crippen molar-refractivity contribution in [2.24, 2.45) is 5.92 Å². The Labute approximate surface area is 145 Å². The van der Waals surface area contributed by atoms with E-state index in [2.05, 4.69) is 10.6 Å². The summed E-state index contributed by atoms with van der Waals surface area (Å²) < 4.78 is 4.85. The molecule has 0 saturated heterocycles. The number of ether oxygens (including phenoxy) is 1. The average Bonchev–Trinajstić information content (AvgIpc) is 2.60. The first-order valence-electron chi connectivity index (χ1n) is 8.03. The zero-order chi connectivity index (χ0) is 17.4. The number of carbonyl (C=O) groups excluding carboxylic acids is 3. The van der Waals surface area contributed by atoms with Gasteiger partial charge in [0.2, 0.25) is 5.91 Å². The summed E-state index contributed by atoms with van der Waals surface area (Å²) in [4.78, 5) is 35.2. The van der Waals surface area contributed by atoms with E-state index in [-0.39, 0.29) is 18.4 Å². The number of hydrogen-bond acceptors (Lipinski definition) is 4. The molecule has 2 rings (SSSR count). The molecule has 1 aliphatic carbocycles. The molecule has 1 aromatic carbocycles. The number of anilines is 1. The number of hydrogen-bond donors (Lipinski definition) is 2. The average molecular weight is 353 g/mol. The van der Waals surface area contributed by atoms with Crippen LogP contribution in [0.3, 0.4) is 0 Å². The molecule has 0 aliphatic heterocycles.